The number of rotatable bonds is 4. The van der Waals surface area contributed by atoms with E-state index >= 15 is 0 Å². The molecule has 0 bridgehead atoms. The normalized spacial score (nSPS) is 9.73. The number of aryl methyl sites for hydroxylation is 1. The van der Waals surface area contributed by atoms with Crippen LogP contribution < -0.4 is 0 Å². The summed E-state index contributed by atoms with van der Waals surface area (Å²) in [4.78, 5) is 10.4. The van der Waals surface area contributed by atoms with Crippen LogP contribution in [0.1, 0.15) is 17.5 Å². The molecule has 0 radical (unpaired) electrons. The highest BCUT2D eigenvalue weighted by atomic mass is 35.5. The first-order valence-corrected chi connectivity index (χ1v) is 5.17. The minimum Gasteiger partial charge on any atom is -0.481 e. The van der Waals surface area contributed by atoms with Crippen molar-refractivity contribution in [3.63, 3.8) is 0 Å². The molecule has 0 aliphatic heterocycles. The Morgan fingerprint density at radius 3 is 2.60 bits per heavy atom. The Hall–Kier alpha value is -0.990. The topological polar surface area (TPSA) is 37.3 Å². The Morgan fingerprint density at radius 1 is 1.33 bits per heavy atom. The quantitative estimate of drug-likeness (QED) is 0.881. The number of carboxylic acid groups (broad SMARTS) is 1. The molecule has 0 amide bonds. The van der Waals surface area contributed by atoms with Crippen LogP contribution in [-0.4, -0.2) is 11.1 Å². The van der Waals surface area contributed by atoms with Crippen LogP contribution in [0.2, 0.25) is 0 Å². The predicted octanol–water partition coefficient (Wildman–Crippen LogP) is 3.48. The van der Waals surface area contributed by atoms with Crippen molar-refractivity contribution in [3.05, 3.63) is 39.9 Å². The molecule has 1 aromatic rings. The zero-order valence-corrected chi connectivity index (χ0v) is 9.42. The zero-order chi connectivity index (χ0) is 11.3. The Kier molecular flexibility index (Phi) is 4.66. The number of benzene rings is 1. The largest absolute Gasteiger partial charge is 0.481 e. The lowest BCUT2D eigenvalue weighted by molar-refractivity contribution is -0.136. The summed E-state index contributed by atoms with van der Waals surface area (Å²) in [7, 11) is 0. The van der Waals surface area contributed by atoms with Gasteiger partial charge < -0.3 is 5.11 Å². The van der Waals surface area contributed by atoms with Crippen LogP contribution in [0.25, 0.3) is 6.08 Å². The lowest BCUT2D eigenvalue weighted by atomic mass is 10.0. The molecule has 80 valence electrons. The van der Waals surface area contributed by atoms with E-state index in [-0.39, 0.29) is 10.9 Å². The molecule has 1 aromatic carbocycles. The lowest BCUT2D eigenvalue weighted by Crippen LogP contribution is -1.98. The molecule has 0 fully saturated rings. The summed E-state index contributed by atoms with van der Waals surface area (Å²) in [5, 5.41) is 8.58. The van der Waals surface area contributed by atoms with Gasteiger partial charge in [-0.1, -0.05) is 47.5 Å². The van der Waals surface area contributed by atoms with Crippen LogP contribution in [0.15, 0.2) is 28.8 Å². The van der Waals surface area contributed by atoms with E-state index in [0.29, 0.717) is 6.42 Å². The average molecular weight is 245 g/mol. The van der Waals surface area contributed by atoms with Crippen molar-refractivity contribution < 1.29 is 9.90 Å². The summed E-state index contributed by atoms with van der Waals surface area (Å²) < 4.78 is 0.165. The van der Waals surface area contributed by atoms with Gasteiger partial charge in [0.05, 0.1) is 0 Å². The molecule has 4 heteroatoms. The van der Waals surface area contributed by atoms with Crippen molar-refractivity contribution in [3.8, 4) is 0 Å². The minimum absolute atomic E-state index is 0.102. The van der Waals surface area contributed by atoms with Crippen molar-refractivity contribution in [1.29, 1.82) is 0 Å². The SMILES string of the molecule is O=C(O)CCc1ccccc1C=C(Cl)Cl. The average Bonchev–Trinajstić information content (AvgIpc) is 2.15. The third-order valence-electron chi connectivity index (χ3n) is 1.93. The van der Waals surface area contributed by atoms with Crippen LogP contribution in [0.5, 0.6) is 0 Å². The minimum atomic E-state index is -0.814. The maximum atomic E-state index is 10.4. The second-order valence-corrected chi connectivity index (χ2v) is 4.03. The van der Waals surface area contributed by atoms with E-state index in [4.69, 9.17) is 28.3 Å². The van der Waals surface area contributed by atoms with E-state index in [1.165, 1.54) is 0 Å². The number of hydrogen-bond acceptors (Lipinski definition) is 1. The third kappa shape index (κ3) is 4.36. The van der Waals surface area contributed by atoms with Gasteiger partial charge >= 0.3 is 5.97 Å². The van der Waals surface area contributed by atoms with Gasteiger partial charge in [-0.15, -0.1) is 0 Å². The summed E-state index contributed by atoms with van der Waals surface area (Å²) in [5.41, 5.74) is 1.79. The van der Waals surface area contributed by atoms with E-state index in [1.54, 1.807) is 6.08 Å². The molecular weight excluding hydrogens is 235 g/mol. The number of aliphatic carboxylic acids is 1. The maximum absolute atomic E-state index is 10.4. The molecule has 2 nitrogen and oxygen atoms in total. The smallest absolute Gasteiger partial charge is 0.303 e. The van der Waals surface area contributed by atoms with Crippen molar-refractivity contribution in [2.45, 2.75) is 12.8 Å². The molecule has 0 saturated heterocycles. The van der Waals surface area contributed by atoms with E-state index in [0.717, 1.165) is 11.1 Å². The molecule has 1 rings (SSSR count). The molecule has 0 saturated carbocycles. The summed E-state index contributed by atoms with van der Waals surface area (Å²) in [6.45, 7) is 0. The highest BCUT2D eigenvalue weighted by Gasteiger charge is 2.03. The molecule has 0 aliphatic carbocycles. The molecule has 0 aliphatic rings. The maximum Gasteiger partial charge on any atom is 0.303 e. The Morgan fingerprint density at radius 2 is 2.00 bits per heavy atom. The summed E-state index contributed by atoms with van der Waals surface area (Å²) >= 11 is 11.1. The van der Waals surface area contributed by atoms with Crippen LogP contribution in [0.4, 0.5) is 0 Å². The van der Waals surface area contributed by atoms with Crippen molar-refractivity contribution in [2.24, 2.45) is 0 Å². The van der Waals surface area contributed by atoms with Gasteiger partial charge in [-0.05, 0) is 23.6 Å². The third-order valence-corrected chi connectivity index (χ3v) is 2.15. The van der Waals surface area contributed by atoms with Crippen LogP contribution in [-0.2, 0) is 11.2 Å². The van der Waals surface area contributed by atoms with E-state index in [1.807, 2.05) is 24.3 Å². The van der Waals surface area contributed by atoms with Gasteiger partial charge in [0.25, 0.3) is 0 Å². The highest BCUT2D eigenvalue weighted by Crippen LogP contribution is 2.18. The summed E-state index contributed by atoms with van der Waals surface area (Å²) in [5.74, 6) is -0.814. The van der Waals surface area contributed by atoms with Gasteiger partial charge in [0.2, 0.25) is 0 Å². The Bertz CT molecular complexity index is 382. The predicted molar refractivity (Wildman–Crippen MR) is 62.1 cm³/mol. The Labute approximate surface area is 98.1 Å². The summed E-state index contributed by atoms with van der Waals surface area (Å²) in [6, 6.07) is 7.43. The number of carboxylic acids is 1. The molecule has 0 atom stereocenters. The second kappa shape index (κ2) is 5.79. The van der Waals surface area contributed by atoms with Crippen molar-refractivity contribution in [1.82, 2.24) is 0 Å². The van der Waals surface area contributed by atoms with Crippen LogP contribution in [0, 0.1) is 0 Å². The molecule has 1 N–H and O–H groups in total. The number of carbonyl (C=O) groups is 1. The fourth-order valence-electron chi connectivity index (χ4n) is 1.26. The van der Waals surface area contributed by atoms with Crippen LogP contribution >= 0.6 is 23.2 Å². The van der Waals surface area contributed by atoms with E-state index in [2.05, 4.69) is 0 Å². The van der Waals surface area contributed by atoms with Crippen LogP contribution in [0.3, 0.4) is 0 Å². The first-order valence-electron chi connectivity index (χ1n) is 4.42. The standard InChI is InChI=1S/C11H10Cl2O2/c12-10(13)7-9-4-2-1-3-8(9)5-6-11(14)15/h1-4,7H,5-6H2,(H,14,15). The van der Waals surface area contributed by atoms with Gasteiger partial charge in [-0.2, -0.15) is 0 Å². The number of hydrogen-bond donors (Lipinski definition) is 1. The van der Waals surface area contributed by atoms with Gasteiger partial charge in [-0.3, -0.25) is 4.79 Å². The van der Waals surface area contributed by atoms with Gasteiger partial charge in [0.1, 0.15) is 4.49 Å². The monoisotopic (exact) mass is 244 g/mol. The van der Waals surface area contributed by atoms with E-state index in [9.17, 15) is 4.79 Å². The molecular formula is C11H10Cl2O2. The van der Waals surface area contributed by atoms with Crippen molar-refractivity contribution in [2.75, 3.05) is 0 Å². The fraction of sp³-hybridized carbons (Fsp3) is 0.182. The van der Waals surface area contributed by atoms with Crippen molar-refractivity contribution >= 4 is 35.2 Å². The van der Waals surface area contributed by atoms with E-state index < -0.39 is 5.97 Å². The fourth-order valence-corrected chi connectivity index (χ4v) is 1.50. The van der Waals surface area contributed by atoms with Gasteiger partial charge in [0, 0.05) is 6.42 Å². The highest BCUT2D eigenvalue weighted by molar-refractivity contribution is 6.57. The second-order valence-electron chi connectivity index (χ2n) is 3.03. The number of halogens is 2. The first kappa shape index (κ1) is 12.1. The zero-order valence-electron chi connectivity index (χ0n) is 7.91. The Balaban J connectivity index is 2.86. The molecule has 15 heavy (non-hydrogen) atoms. The van der Waals surface area contributed by atoms with Gasteiger partial charge in [0.15, 0.2) is 0 Å². The molecule has 0 unspecified atom stereocenters. The molecule has 0 aromatic heterocycles. The first-order chi connectivity index (χ1) is 7.09. The summed E-state index contributed by atoms with van der Waals surface area (Å²) in [6.07, 6.45) is 2.19. The molecule has 0 spiro atoms. The van der Waals surface area contributed by atoms with Gasteiger partial charge in [-0.25, -0.2) is 0 Å². The lowest BCUT2D eigenvalue weighted by Gasteiger charge is -2.03. The molecule has 0 heterocycles.